The van der Waals surface area contributed by atoms with Crippen molar-refractivity contribution in [2.45, 2.75) is 76.8 Å². The van der Waals surface area contributed by atoms with Crippen LogP contribution >= 0.6 is 0 Å². The van der Waals surface area contributed by atoms with E-state index in [2.05, 4.69) is 21.7 Å². The molecule has 2 N–H and O–H groups in total. The first kappa shape index (κ1) is 22.8. The molecule has 1 unspecified atom stereocenters. The van der Waals surface area contributed by atoms with Gasteiger partial charge in [0.25, 0.3) is 0 Å². The largest absolute Gasteiger partial charge is 0.468 e. The van der Waals surface area contributed by atoms with E-state index < -0.39 is 22.0 Å². The van der Waals surface area contributed by atoms with Gasteiger partial charge in [-0.15, -0.1) is 0 Å². The summed E-state index contributed by atoms with van der Waals surface area (Å²) < 4.78 is 31.9. The van der Waals surface area contributed by atoms with Gasteiger partial charge in [-0.05, 0) is 37.3 Å². The zero-order chi connectivity index (χ0) is 20.6. The van der Waals surface area contributed by atoms with Gasteiger partial charge in [0, 0.05) is 12.6 Å². The van der Waals surface area contributed by atoms with Crippen molar-refractivity contribution in [3.05, 3.63) is 35.4 Å². The number of benzene rings is 1. The summed E-state index contributed by atoms with van der Waals surface area (Å²) in [7, 11) is -2.41. The fourth-order valence-electron chi connectivity index (χ4n) is 3.90. The van der Waals surface area contributed by atoms with Gasteiger partial charge in [-0.2, -0.15) is 0 Å². The van der Waals surface area contributed by atoms with E-state index >= 15 is 0 Å². The Labute approximate surface area is 169 Å². The third kappa shape index (κ3) is 7.53. The lowest BCUT2D eigenvalue weighted by atomic mass is 9.85. The van der Waals surface area contributed by atoms with Crippen LogP contribution in [0.2, 0.25) is 0 Å². The number of esters is 1. The van der Waals surface area contributed by atoms with Crippen LogP contribution in [0.15, 0.2) is 24.3 Å². The fourth-order valence-corrected chi connectivity index (χ4v) is 5.31. The normalized spacial score (nSPS) is 17.8. The van der Waals surface area contributed by atoms with Crippen LogP contribution in [0.5, 0.6) is 0 Å². The highest BCUT2D eigenvalue weighted by molar-refractivity contribution is 7.88. The number of ether oxygens (including phenoxy) is 1. The topological polar surface area (TPSA) is 84.5 Å². The lowest BCUT2D eigenvalue weighted by molar-refractivity contribution is -0.142. The Morgan fingerprint density at radius 1 is 1.14 bits per heavy atom. The molecule has 1 aliphatic carbocycles. The molecule has 1 saturated carbocycles. The van der Waals surface area contributed by atoms with Gasteiger partial charge >= 0.3 is 5.97 Å². The first-order valence-electron chi connectivity index (χ1n) is 10.2. The minimum atomic E-state index is -3.65. The summed E-state index contributed by atoms with van der Waals surface area (Å²) in [5, 5.41) is 3.55. The molecule has 0 spiro atoms. The average molecular weight is 411 g/mol. The molecule has 2 rings (SSSR count). The monoisotopic (exact) mass is 410 g/mol. The van der Waals surface area contributed by atoms with E-state index in [0.717, 1.165) is 17.0 Å². The summed E-state index contributed by atoms with van der Waals surface area (Å²) in [5.41, 5.74) is 1.71. The predicted octanol–water partition coefficient (Wildman–Crippen LogP) is 3.12. The van der Waals surface area contributed by atoms with Crippen LogP contribution < -0.4 is 10.0 Å². The van der Waals surface area contributed by atoms with Gasteiger partial charge in [0.1, 0.15) is 6.04 Å². The van der Waals surface area contributed by atoms with Crippen LogP contribution in [-0.4, -0.2) is 33.6 Å². The molecule has 1 aromatic rings. The number of carbonyl (C=O) groups excluding carboxylic acids is 1. The molecule has 0 radical (unpaired) electrons. The SMILES string of the molecule is COC(=O)[C@@H](C)NS(=O)(=O)Cc1ccccc1CNC(C)CC1CCCCC1. The van der Waals surface area contributed by atoms with Gasteiger partial charge in [0.15, 0.2) is 0 Å². The maximum Gasteiger partial charge on any atom is 0.323 e. The summed E-state index contributed by atoms with van der Waals surface area (Å²) in [5.74, 6) is 0.0365. The maximum atomic E-state index is 12.4. The standard InChI is InChI=1S/C21H34N2O4S/c1-16(13-18-9-5-4-6-10-18)22-14-19-11-7-8-12-20(19)15-28(25,26)23-17(2)21(24)27-3/h7-8,11-12,16-18,22-23H,4-6,9-10,13-15H2,1-3H3/t16?,17-/m1/s1. The summed E-state index contributed by atoms with van der Waals surface area (Å²) in [6, 6.07) is 7.02. The van der Waals surface area contributed by atoms with Gasteiger partial charge in [-0.25, -0.2) is 13.1 Å². The second-order valence-electron chi connectivity index (χ2n) is 7.91. The molecule has 0 bridgehead atoms. The fraction of sp³-hybridized carbons (Fsp3) is 0.667. The average Bonchev–Trinajstić information content (AvgIpc) is 2.66. The molecule has 158 valence electrons. The number of carbonyl (C=O) groups is 1. The highest BCUT2D eigenvalue weighted by Gasteiger charge is 2.22. The molecule has 7 heteroatoms. The van der Waals surface area contributed by atoms with Crippen molar-refractivity contribution in [2.24, 2.45) is 5.92 Å². The lowest BCUT2D eigenvalue weighted by Gasteiger charge is -2.25. The van der Waals surface area contributed by atoms with Gasteiger partial charge in [0.2, 0.25) is 10.0 Å². The van der Waals surface area contributed by atoms with E-state index in [1.165, 1.54) is 52.6 Å². The Morgan fingerprint density at radius 2 is 1.79 bits per heavy atom. The van der Waals surface area contributed by atoms with Crippen molar-refractivity contribution in [2.75, 3.05) is 7.11 Å². The molecule has 1 aromatic carbocycles. The van der Waals surface area contributed by atoms with Gasteiger partial charge in [0.05, 0.1) is 12.9 Å². The molecule has 0 saturated heterocycles. The summed E-state index contributed by atoms with van der Waals surface area (Å²) in [6.07, 6.45) is 7.86. The Kier molecular flexibility index (Phi) is 8.92. The Morgan fingerprint density at radius 3 is 2.43 bits per heavy atom. The van der Waals surface area contributed by atoms with Crippen LogP contribution in [0.4, 0.5) is 0 Å². The highest BCUT2D eigenvalue weighted by Crippen LogP contribution is 2.27. The van der Waals surface area contributed by atoms with Crippen molar-refractivity contribution in [3.8, 4) is 0 Å². The molecule has 0 amide bonds. The summed E-state index contributed by atoms with van der Waals surface area (Å²) >= 11 is 0. The van der Waals surface area contributed by atoms with Crippen molar-refractivity contribution in [3.63, 3.8) is 0 Å². The van der Waals surface area contributed by atoms with Gasteiger partial charge < -0.3 is 10.1 Å². The number of sulfonamides is 1. The minimum Gasteiger partial charge on any atom is -0.468 e. The number of methoxy groups -OCH3 is 1. The zero-order valence-electron chi connectivity index (χ0n) is 17.2. The molecule has 6 nitrogen and oxygen atoms in total. The summed E-state index contributed by atoms with van der Waals surface area (Å²) in [4.78, 5) is 11.5. The second-order valence-corrected chi connectivity index (χ2v) is 9.67. The molecule has 2 atom stereocenters. The van der Waals surface area contributed by atoms with E-state index in [1.807, 2.05) is 24.3 Å². The quantitative estimate of drug-likeness (QED) is 0.579. The van der Waals surface area contributed by atoms with E-state index in [1.54, 1.807) is 0 Å². The van der Waals surface area contributed by atoms with Crippen molar-refractivity contribution < 1.29 is 17.9 Å². The van der Waals surface area contributed by atoms with Crippen molar-refractivity contribution in [1.29, 1.82) is 0 Å². The smallest absolute Gasteiger partial charge is 0.323 e. The number of hydrogen-bond donors (Lipinski definition) is 2. The van der Waals surface area contributed by atoms with E-state index in [9.17, 15) is 13.2 Å². The van der Waals surface area contributed by atoms with Crippen LogP contribution in [0, 0.1) is 5.92 Å². The third-order valence-corrected chi connectivity index (χ3v) is 6.83. The molecule has 0 aromatic heterocycles. The van der Waals surface area contributed by atoms with Gasteiger partial charge in [-0.1, -0.05) is 56.4 Å². The Balaban J connectivity index is 1.93. The van der Waals surface area contributed by atoms with Crippen LogP contribution in [0.3, 0.4) is 0 Å². The van der Waals surface area contributed by atoms with Crippen LogP contribution in [-0.2, 0) is 31.9 Å². The first-order chi connectivity index (χ1) is 13.3. The Hall–Kier alpha value is -1.44. The minimum absolute atomic E-state index is 0.163. The first-order valence-corrected chi connectivity index (χ1v) is 11.8. The predicted molar refractivity (Wildman–Crippen MR) is 111 cm³/mol. The number of hydrogen-bond acceptors (Lipinski definition) is 5. The van der Waals surface area contributed by atoms with Crippen LogP contribution in [0.1, 0.15) is 63.5 Å². The van der Waals surface area contributed by atoms with Crippen LogP contribution in [0.25, 0.3) is 0 Å². The second kappa shape index (κ2) is 10.9. The summed E-state index contributed by atoms with van der Waals surface area (Å²) in [6.45, 7) is 4.31. The third-order valence-electron chi connectivity index (χ3n) is 5.43. The van der Waals surface area contributed by atoms with Crippen molar-refractivity contribution >= 4 is 16.0 Å². The van der Waals surface area contributed by atoms with E-state index in [0.29, 0.717) is 12.6 Å². The van der Waals surface area contributed by atoms with Gasteiger partial charge in [-0.3, -0.25) is 4.79 Å². The Bertz CT molecular complexity index is 730. The highest BCUT2D eigenvalue weighted by atomic mass is 32.2. The van der Waals surface area contributed by atoms with E-state index in [-0.39, 0.29) is 5.75 Å². The molecular weight excluding hydrogens is 376 g/mol. The molecular formula is C21H34N2O4S. The maximum absolute atomic E-state index is 12.4. The van der Waals surface area contributed by atoms with E-state index in [4.69, 9.17) is 0 Å². The molecule has 1 aliphatic rings. The van der Waals surface area contributed by atoms with Crippen molar-refractivity contribution in [1.82, 2.24) is 10.0 Å². The zero-order valence-corrected chi connectivity index (χ0v) is 18.1. The molecule has 28 heavy (non-hydrogen) atoms. The molecule has 0 aliphatic heterocycles. The molecule has 0 heterocycles. The lowest BCUT2D eigenvalue weighted by Crippen LogP contribution is -2.39. The number of rotatable bonds is 10. The number of nitrogens with one attached hydrogen (secondary N) is 2. The molecule has 1 fully saturated rings.